The molecule has 0 aliphatic rings. The van der Waals surface area contributed by atoms with Crippen molar-refractivity contribution >= 4 is 5.91 Å². The summed E-state index contributed by atoms with van der Waals surface area (Å²) in [6.07, 6.45) is 0.130. The van der Waals surface area contributed by atoms with Crippen molar-refractivity contribution in [3.05, 3.63) is 29.8 Å². The van der Waals surface area contributed by atoms with E-state index in [0.717, 1.165) is 0 Å². The molecule has 0 bridgehead atoms. The molecule has 1 aromatic carbocycles. The van der Waals surface area contributed by atoms with E-state index in [9.17, 15) is 15.0 Å². The summed E-state index contributed by atoms with van der Waals surface area (Å²) in [5.74, 6) is 0.0336. The summed E-state index contributed by atoms with van der Waals surface area (Å²) in [6, 6.07) is 6.74. The molecular weight excluding hydrogens is 242 g/mol. The van der Waals surface area contributed by atoms with Crippen molar-refractivity contribution in [2.45, 2.75) is 45.8 Å². The van der Waals surface area contributed by atoms with Gasteiger partial charge in [0.05, 0.1) is 18.6 Å². The van der Waals surface area contributed by atoms with E-state index in [1.807, 2.05) is 26.8 Å². The number of aliphatic hydroxyl groups excluding tert-OH is 1. The van der Waals surface area contributed by atoms with Crippen LogP contribution in [0.2, 0.25) is 0 Å². The zero-order valence-electron chi connectivity index (χ0n) is 11.8. The molecule has 0 saturated heterocycles. The topological polar surface area (TPSA) is 69.6 Å². The van der Waals surface area contributed by atoms with Crippen LogP contribution >= 0.6 is 0 Å². The smallest absolute Gasteiger partial charge is 0.223 e. The standard InChI is InChI=1S/C15H23NO3/c1-4-12(11-7-5-6-8-13(11)17)16-15(19)9-14(18)10(2)3/h5-8,10,12,14,17-18H,4,9H2,1-3H3,(H,16,19)/t12-,14-/m0/s1. The second-order valence-electron chi connectivity index (χ2n) is 5.10. The van der Waals surface area contributed by atoms with E-state index >= 15 is 0 Å². The first-order valence-electron chi connectivity index (χ1n) is 6.71. The van der Waals surface area contributed by atoms with Crippen LogP contribution in [0.5, 0.6) is 5.75 Å². The van der Waals surface area contributed by atoms with Crippen LogP contribution in [-0.2, 0) is 4.79 Å². The number of aromatic hydroxyl groups is 1. The molecule has 4 heteroatoms. The van der Waals surface area contributed by atoms with E-state index in [4.69, 9.17) is 0 Å². The van der Waals surface area contributed by atoms with Crippen LogP contribution in [0.1, 0.15) is 45.2 Å². The molecule has 0 heterocycles. The zero-order valence-corrected chi connectivity index (χ0v) is 11.8. The number of nitrogens with one attached hydrogen (secondary N) is 1. The molecule has 106 valence electrons. The van der Waals surface area contributed by atoms with Gasteiger partial charge in [-0.3, -0.25) is 4.79 Å². The van der Waals surface area contributed by atoms with Gasteiger partial charge in [0, 0.05) is 5.56 Å². The average molecular weight is 265 g/mol. The van der Waals surface area contributed by atoms with Crippen LogP contribution in [0.3, 0.4) is 0 Å². The summed E-state index contributed by atoms with van der Waals surface area (Å²) in [5, 5.41) is 22.3. The summed E-state index contributed by atoms with van der Waals surface area (Å²) in [6.45, 7) is 5.69. The van der Waals surface area contributed by atoms with Gasteiger partial charge in [-0.2, -0.15) is 0 Å². The number of para-hydroxylation sites is 1. The van der Waals surface area contributed by atoms with E-state index in [2.05, 4.69) is 5.32 Å². The molecule has 0 radical (unpaired) electrons. The molecule has 0 aromatic heterocycles. The fourth-order valence-corrected chi connectivity index (χ4v) is 1.86. The Morgan fingerprint density at radius 2 is 1.95 bits per heavy atom. The second kappa shape index (κ2) is 7.14. The van der Waals surface area contributed by atoms with E-state index in [-0.39, 0.29) is 30.0 Å². The number of carbonyl (C=O) groups excluding carboxylic acids is 1. The Kier molecular flexibility index (Phi) is 5.83. The van der Waals surface area contributed by atoms with E-state index in [0.29, 0.717) is 12.0 Å². The first kappa shape index (κ1) is 15.5. The second-order valence-corrected chi connectivity index (χ2v) is 5.10. The van der Waals surface area contributed by atoms with Gasteiger partial charge in [-0.05, 0) is 18.4 Å². The quantitative estimate of drug-likeness (QED) is 0.739. The number of hydrogen-bond acceptors (Lipinski definition) is 3. The normalized spacial score (nSPS) is 14.2. The number of amides is 1. The first-order chi connectivity index (χ1) is 8.95. The van der Waals surface area contributed by atoms with Crippen LogP contribution in [0.4, 0.5) is 0 Å². The highest BCUT2D eigenvalue weighted by Crippen LogP contribution is 2.25. The monoisotopic (exact) mass is 265 g/mol. The van der Waals surface area contributed by atoms with E-state index < -0.39 is 6.10 Å². The largest absolute Gasteiger partial charge is 0.508 e. The lowest BCUT2D eigenvalue weighted by molar-refractivity contribution is -0.124. The Morgan fingerprint density at radius 1 is 1.32 bits per heavy atom. The van der Waals surface area contributed by atoms with Crippen molar-refractivity contribution in [1.29, 1.82) is 0 Å². The minimum atomic E-state index is -0.637. The highest BCUT2D eigenvalue weighted by atomic mass is 16.3. The van der Waals surface area contributed by atoms with Gasteiger partial charge in [-0.25, -0.2) is 0 Å². The third kappa shape index (κ3) is 4.56. The van der Waals surface area contributed by atoms with Gasteiger partial charge in [0.25, 0.3) is 0 Å². The van der Waals surface area contributed by atoms with Gasteiger partial charge < -0.3 is 15.5 Å². The van der Waals surface area contributed by atoms with Crippen molar-refractivity contribution in [3.63, 3.8) is 0 Å². The zero-order chi connectivity index (χ0) is 14.4. The Balaban J connectivity index is 2.68. The number of hydrogen-bond donors (Lipinski definition) is 3. The third-order valence-electron chi connectivity index (χ3n) is 3.22. The molecule has 0 unspecified atom stereocenters. The predicted molar refractivity (Wildman–Crippen MR) is 74.7 cm³/mol. The van der Waals surface area contributed by atoms with Crippen molar-refractivity contribution in [1.82, 2.24) is 5.32 Å². The summed E-state index contributed by atoms with van der Waals surface area (Å²) in [5.41, 5.74) is 0.706. The number of carbonyl (C=O) groups is 1. The molecular formula is C15H23NO3. The molecule has 3 N–H and O–H groups in total. The average Bonchev–Trinajstić information content (AvgIpc) is 2.36. The molecule has 2 atom stereocenters. The third-order valence-corrected chi connectivity index (χ3v) is 3.22. The van der Waals surface area contributed by atoms with Crippen molar-refractivity contribution in [2.75, 3.05) is 0 Å². The van der Waals surface area contributed by atoms with Crippen LogP contribution in [-0.4, -0.2) is 22.2 Å². The van der Waals surface area contributed by atoms with Crippen LogP contribution in [0.15, 0.2) is 24.3 Å². The van der Waals surface area contributed by atoms with Gasteiger partial charge in [-0.1, -0.05) is 39.0 Å². The Hall–Kier alpha value is -1.55. The summed E-state index contributed by atoms with van der Waals surface area (Å²) < 4.78 is 0. The van der Waals surface area contributed by atoms with E-state index in [1.54, 1.807) is 18.2 Å². The summed E-state index contributed by atoms with van der Waals surface area (Å²) in [7, 11) is 0. The molecule has 1 amide bonds. The van der Waals surface area contributed by atoms with Crippen LogP contribution < -0.4 is 5.32 Å². The molecule has 0 aliphatic heterocycles. The van der Waals surface area contributed by atoms with Crippen molar-refractivity contribution < 1.29 is 15.0 Å². The molecule has 0 fully saturated rings. The van der Waals surface area contributed by atoms with Crippen LogP contribution in [0.25, 0.3) is 0 Å². The Bertz CT molecular complexity index is 418. The van der Waals surface area contributed by atoms with Gasteiger partial charge >= 0.3 is 0 Å². The highest BCUT2D eigenvalue weighted by Gasteiger charge is 2.19. The lowest BCUT2D eigenvalue weighted by Gasteiger charge is -2.20. The van der Waals surface area contributed by atoms with Crippen LogP contribution in [0, 0.1) is 5.92 Å². The number of aliphatic hydroxyl groups is 1. The summed E-state index contributed by atoms with van der Waals surface area (Å²) >= 11 is 0. The SMILES string of the molecule is CC[C@H](NC(=O)C[C@H](O)C(C)C)c1ccccc1O. The fraction of sp³-hybridized carbons (Fsp3) is 0.533. The molecule has 4 nitrogen and oxygen atoms in total. The van der Waals surface area contributed by atoms with Gasteiger partial charge in [0.15, 0.2) is 0 Å². The molecule has 0 aliphatic carbocycles. The molecule has 1 rings (SSSR count). The summed E-state index contributed by atoms with van der Waals surface area (Å²) in [4.78, 5) is 11.9. The van der Waals surface area contributed by atoms with Crippen molar-refractivity contribution in [3.8, 4) is 5.75 Å². The van der Waals surface area contributed by atoms with E-state index in [1.165, 1.54) is 0 Å². The Morgan fingerprint density at radius 3 is 2.47 bits per heavy atom. The van der Waals surface area contributed by atoms with Gasteiger partial charge in [0.2, 0.25) is 5.91 Å². The maximum atomic E-state index is 11.9. The number of rotatable bonds is 6. The molecule has 1 aromatic rings. The van der Waals surface area contributed by atoms with Gasteiger partial charge in [-0.15, -0.1) is 0 Å². The molecule has 0 saturated carbocycles. The number of benzene rings is 1. The first-order valence-corrected chi connectivity index (χ1v) is 6.71. The Labute approximate surface area is 114 Å². The lowest BCUT2D eigenvalue weighted by Crippen LogP contribution is -2.32. The fourth-order valence-electron chi connectivity index (χ4n) is 1.86. The maximum Gasteiger partial charge on any atom is 0.223 e. The maximum absolute atomic E-state index is 11.9. The number of phenols is 1. The van der Waals surface area contributed by atoms with Crippen molar-refractivity contribution in [2.24, 2.45) is 5.92 Å². The number of phenolic OH excluding ortho intramolecular Hbond substituents is 1. The lowest BCUT2D eigenvalue weighted by atomic mass is 10.0. The van der Waals surface area contributed by atoms with Gasteiger partial charge in [0.1, 0.15) is 5.75 Å². The molecule has 19 heavy (non-hydrogen) atoms. The molecule has 0 spiro atoms. The minimum Gasteiger partial charge on any atom is -0.508 e. The highest BCUT2D eigenvalue weighted by molar-refractivity contribution is 5.77. The minimum absolute atomic E-state index is 0.0518. The predicted octanol–water partition coefficient (Wildman–Crippen LogP) is 2.37.